The summed E-state index contributed by atoms with van der Waals surface area (Å²) in [7, 11) is 0. The number of aromatic hydroxyl groups is 1. The maximum Gasteiger partial charge on any atom is 0.177 e. The van der Waals surface area contributed by atoms with Gasteiger partial charge in [0, 0.05) is 0 Å². The average molecular weight is 326 g/mol. The molecule has 1 atom stereocenters. The minimum Gasteiger partial charge on any atom is -0.504 e. The highest BCUT2D eigenvalue weighted by Crippen LogP contribution is 2.41. The van der Waals surface area contributed by atoms with Gasteiger partial charge in [-0.05, 0) is 51.7 Å². The molecular weight excluding hydrogens is 304 g/mol. The Kier molecular flexibility index (Phi) is 3.48. The van der Waals surface area contributed by atoms with Crippen LogP contribution in [0.5, 0.6) is 11.5 Å². The number of aryl methyl sites for hydroxylation is 1. The van der Waals surface area contributed by atoms with Gasteiger partial charge in [0.05, 0.1) is 23.9 Å². The highest BCUT2D eigenvalue weighted by atomic mass is 16.5. The van der Waals surface area contributed by atoms with Crippen molar-refractivity contribution in [3.8, 4) is 22.9 Å². The molecule has 2 N–H and O–H groups in total. The largest absolute Gasteiger partial charge is 0.504 e. The fraction of sp³-hybridized carbons (Fsp3) is 0.444. The van der Waals surface area contributed by atoms with Crippen LogP contribution < -0.4 is 4.74 Å². The molecule has 0 bridgehead atoms. The first-order chi connectivity index (χ1) is 11.6. The Bertz CT molecular complexity index is 892. The van der Waals surface area contributed by atoms with E-state index in [0.717, 1.165) is 16.9 Å². The minimum atomic E-state index is 0.114. The summed E-state index contributed by atoms with van der Waals surface area (Å²) < 4.78 is 7.49. The zero-order chi connectivity index (χ0) is 16.8. The smallest absolute Gasteiger partial charge is 0.177 e. The SMILES string of the molecule is CCOc1cccc(-c2nc3c([nH]2)c(C)nn3C(C)C2CC2)c1O. The lowest BCUT2D eigenvalue weighted by molar-refractivity contribution is 0.318. The van der Waals surface area contributed by atoms with Gasteiger partial charge in [-0.1, -0.05) is 6.07 Å². The van der Waals surface area contributed by atoms with Crippen LogP contribution in [0.1, 0.15) is 38.4 Å². The van der Waals surface area contributed by atoms with Crippen molar-refractivity contribution in [2.45, 2.75) is 39.7 Å². The third-order valence-electron chi connectivity index (χ3n) is 4.77. The van der Waals surface area contributed by atoms with E-state index in [0.29, 0.717) is 35.7 Å². The molecule has 0 radical (unpaired) electrons. The normalized spacial score (nSPS) is 15.8. The number of nitrogens with zero attached hydrogens (tertiary/aromatic N) is 3. The molecule has 3 aromatic rings. The molecule has 6 heteroatoms. The summed E-state index contributed by atoms with van der Waals surface area (Å²) in [6.45, 7) is 6.58. The van der Waals surface area contributed by atoms with Crippen molar-refractivity contribution >= 4 is 11.2 Å². The summed E-state index contributed by atoms with van der Waals surface area (Å²) in [5, 5.41) is 15.1. The van der Waals surface area contributed by atoms with Crippen LogP contribution in [0.3, 0.4) is 0 Å². The highest BCUT2D eigenvalue weighted by molar-refractivity contribution is 5.81. The first-order valence-corrected chi connectivity index (χ1v) is 8.50. The van der Waals surface area contributed by atoms with Crippen LogP contribution in [0.15, 0.2) is 18.2 Å². The van der Waals surface area contributed by atoms with Crippen molar-refractivity contribution in [2.75, 3.05) is 6.61 Å². The number of benzene rings is 1. The van der Waals surface area contributed by atoms with Gasteiger partial charge in [-0.2, -0.15) is 5.10 Å². The number of fused-ring (bicyclic) bond motifs is 1. The summed E-state index contributed by atoms with van der Waals surface area (Å²) >= 11 is 0. The molecule has 0 amide bonds. The van der Waals surface area contributed by atoms with Gasteiger partial charge in [-0.15, -0.1) is 0 Å². The molecule has 2 heterocycles. The molecule has 0 saturated heterocycles. The van der Waals surface area contributed by atoms with E-state index in [1.54, 1.807) is 6.07 Å². The number of aromatic amines is 1. The van der Waals surface area contributed by atoms with E-state index >= 15 is 0 Å². The van der Waals surface area contributed by atoms with Gasteiger partial charge in [-0.25, -0.2) is 9.67 Å². The van der Waals surface area contributed by atoms with Crippen LogP contribution in [-0.4, -0.2) is 31.5 Å². The summed E-state index contributed by atoms with van der Waals surface area (Å²) in [4.78, 5) is 8.04. The molecule has 4 rings (SSSR count). The van der Waals surface area contributed by atoms with Gasteiger partial charge in [0.25, 0.3) is 0 Å². The maximum absolute atomic E-state index is 10.5. The Morgan fingerprint density at radius 2 is 2.21 bits per heavy atom. The van der Waals surface area contributed by atoms with Crippen LogP contribution in [0, 0.1) is 12.8 Å². The third kappa shape index (κ3) is 2.33. The van der Waals surface area contributed by atoms with E-state index in [1.165, 1.54) is 12.8 Å². The molecule has 24 heavy (non-hydrogen) atoms. The molecule has 126 valence electrons. The molecule has 0 spiro atoms. The number of rotatable bonds is 5. The first-order valence-electron chi connectivity index (χ1n) is 8.50. The first kappa shape index (κ1) is 15.1. The number of ether oxygens (including phenoxy) is 1. The van der Waals surface area contributed by atoms with Crippen LogP contribution in [0.25, 0.3) is 22.6 Å². The monoisotopic (exact) mass is 326 g/mol. The second kappa shape index (κ2) is 5.54. The minimum absolute atomic E-state index is 0.114. The van der Waals surface area contributed by atoms with Gasteiger partial charge in [0.1, 0.15) is 11.3 Å². The van der Waals surface area contributed by atoms with Gasteiger partial charge >= 0.3 is 0 Å². The number of para-hydroxylation sites is 1. The molecule has 0 aliphatic heterocycles. The highest BCUT2D eigenvalue weighted by Gasteiger charge is 2.31. The van der Waals surface area contributed by atoms with Crippen molar-refractivity contribution in [1.29, 1.82) is 0 Å². The number of hydrogen-bond donors (Lipinski definition) is 2. The molecule has 1 aliphatic rings. The van der Waals surface area contributed by atoms with E-state index in [1.807, 2.05) is 30.7 Å². The predicted octanol–water partition coefficient (Wildman–Crippen LogP) is 3.81. The quantitative estimate of drug-likeness (QED) is 0.747. The Balaban J connectivity index is 1.81. The van der Waals surface area contributed by atoms with E-state index in [9.17, 15) is 5.11 Å². The Morgan fingerprint density at radius 3 is 2.92 bits per heavy atom. The number of phenols is 1. The summed E-state index contributed by atoms with van der Waals surface area (Å²) in [5.41, 5.74) is 3.35. The van der Waals surface area contributed by atoms with Crippen molar-refractivity contribution in [2.24, 2.45) is 5.92 Å². The number of H-pyrrole nitrogens is 1. The van der Waals surface area contributed by atoms with Crippen LogP contribution in [0.4, 0.5) is 0 Å². The van der Waals surface area contributed by atoms with E-state index in [2.05, 4.69) is 17.0 Å². The molecule has 1 fully saturated rings. The van der Waals surface area contributed by atoms with Gasteiger partial charge in [-0.3, -0.25) is 0 Å². The second-order valence-electron chi connectivity index (χ2n) is 6.48. The summed E-state index contributed by atoms with van der Waals surface area (Å²) in [6, 6.07) is 5.81. The molecule has 2 aromatic heterocycles. The number of phenolic OH excluding ortho intramolecular Hbond substituents is 1. The third-order valence-corrected chi connectivity index (χ3v) is 4.77. The molecule has 1 aromatic carbocycles. The van der Waals surface area contributed by atoms with Crippen LogP contribution in [0.2, 0.25) is 0 Å². The molecule has 1 aliphatic carbocycles. The topological polar surface area (TPSA) is 76.0 Å². The predicted molar refractivity (Wildman–Crippen MR) is 92.3 cm³/mol. The molecule has 6 nitrogen and oxygen atoms in total. The molecular formula is C18H22N4O2. The van der Waals surface area contributed by atoms with Crippen molar-refractivity contribution in [3.05, 3.63) is 23.9 Å². The Hall–Kier alpha value is -2.50. The Morgan fingerprint density at radius 1 is 1.42 bits per heavy atom. The number of nitrogens with one attached hydrogen (secondary N) is 1. The van der Waals surface area contributed by atoms with Crippen LogP contribution in [-0.2, 0) is 0 Å². The fourth-order valence-electron chi connectivity index (χ4n) is 3.22. The summed E-state index contributed by atoms with van der Waals surface area (Å²) in [5.74, 6) is 1.92. The Labute approximate surface area is 140 Å². The van der Waals surface area contributed by atoms with E-state index in [-0.39, 0.29) is 5.75 Å². The molecule has 1 saturated carbocycles. The van der Waals surface area contributed by atoms with Crippen LogP contribution >= 0.6 is 0 Å². The van der Waals surface area contributed by atoms with Crippen molar-refractivity contribution in [1.82, 2.24) is 19.7 Å². The van der Waals surface area contributed by atoms with Gasteiger partial charge in [0.15, 0.2) is 17.1 Å². The fourth-order valence-corrected chi connectivity index (χ4v) is 3.22. The number of imidazole rings is 1. The van der Waals surface area contributed by atoms with Crippen molar-refractivity contribution in [3.63, 3.8) is 0 Å². The standard InChI is InChI=1S/C18H22N4O2/c1-4-24-14-7-5-6-13(16(14)23)17-19-15-10(2)21-22(18(15)20-17)11(3)12-8-9-12/h5-7,11-12,23H,4,8-9H2,1-3H3,(H,19,20). The number of hydrogen-bond acceptors (Lipinski definition) is 4. The maximum atomic E-state index is 10.5. The lowest BCUT2D eigenvalue weighted by Crippen LogP contribution is -2.09. The average Bonchev–Trinajstić information content (AvgIpc) is 3.25. The zero-order valence-corrected chi connectivity index (χ0v) is 14.2. The van der Waals surface area contributed by atoms with Gasteiger partial charge in [0.2, 0.25) is 0 Å². The second-order valence-corrected chi connectivity index (χ2v) is 6.48. The molecule has 1 unspecified atom stereocenters. The van der Waals surface area contributed by atoms with Gasteiger partial charge < -0.3 is 14.8 Å². The lowest BCUT2D eigenvalue weighted by Gasteiger charge is -2.10. The van der Waals surface area contributed by atoms with E-state index in [4.69, 9.17) is 9.72 Å². The zero-order valence-electron chi connectivity index (χ0n) is 14.2. The van der Waals surface area contributed by atoms with Crippen molar-refractivity contribution < 1.29 is 9.84 Å². The lowest BCUT2D eigenvalue weighted by atomic mass is 10.2. The summed E-state index contributed by atoms with van der Waals surface area (Å²) in [6.07, 6.45) is 2.52. The van der Waals surface area contributed by atoms with E-state index < -0.39 is 0 Å². The number of aromatic nitrogens is 4.